The van der Waals surface area contributed by atoms with Gasteiger partial charge in [0.15, 0.2) is 0 Å². The largest absolute Gasteiger partial charge is 0.496 e. The van der Waals surface area contributed by atoms with Gasteiger partial charge in [-0.25, -0.2) is 0 Å². The van der Waals surface area contributed by atoms with Crippen LogP contribution in [0.4, 0.5) is 0 Å². The van der Waals surface area contributed by atoms with E-state index in [1.807, 2.05) is 30.5 Å². The van der Waals surface area contributed by atoms with Gasteiger partial charge in [-0.2, -0.15) is 0 Å². The maximum Gasteiger partial charge on any atom is 0.133 e. The lowest BCUT2D eigenvalue weighted by Gasteiger charge is -2.15. The molecule has 0 aliphatic heterocycles. The molecule has 100 valence electrons. The van der Waals surface area contributed by atoms with Gasteiger partial charge >= 0.3 is 0 Å². The number of aromatic nitrogens is 1. The summed E-state index contributed by atoms with van der Waals surface area (Å²) in [5.74, 6) is 0.848. The molecule has 1 heterocycles. The molecule has 1 N–H and O–H groups in total. The first kappa shape index (κ1) is 14.0. The van der Waals surface area contributed by atoms with E-state index in [2.05, 4.69) is 45.3 Å². The summed E-state index contributed by atoms with van der Waals surface area (Å²) in [5, 5.41) is 3.46. The van der Waals surface area contributed by atoms with Crippen molar-refractivity contribution in [3.8, 4) is 5.75 Å². The molecular weight excluding hydrogens is 304 g/mol. The summed E-state index contributed by atoms with van der Waals surface area (Å²) in [6, 6.07) is 12.3. The van der Waals surface area contributed by atoms with Crippen molar-refractivity contribution in [2.75, 3.05) is 7.11 Å². The number of pyridine rings is 1. The van der Waals surface area contributed by atoms with Crippen molar-refractivity contribution in [2.45, 2.75) is 19.5 Å². The van der Waals surface area contributed by atoms with Gasteiger partial charge < -0.3 is 10.1 Å². The highest BCUT2D eigenvalue weighted by atomic mass is 79.9. The van der Waals surface area contributed by atoms with E-state index in [0.29, 0.717) is 0 Å². The summed E-state index contributed by atoms with van der Waals surface area (Å²) < 4.78 is 6.20. The highest BCUT2D eigenvalue weighted by molar-refractivity contribution is 9.10. The quantitative estimate of drug-likeness (QED) is 0.912. The number of benzene rings is 1. The summed E-state index contributed by atoms with van der Waals surface area (Å²) in [5.41, 5.74) is 2.26. The molecule has 19 heavy (non-hydrogen) atoms. The molecule has 1 unspecified atom stereocenters. The number of ether oxygens (including phenoxy) is 1. The van der Waals surface area contributed by atoms with E-state index in [-0.39, 0.29) is 6.04 Å². The lowest BCUT2D eigenvalue weighted by Crippen LogP contribution is -2.18. The monoisotopic (exact) mass is 320 g/mol. The average Bonchev–Trinajstić information content (AvgIpc) is 2.45. The van der Waals surface area contributed by atoms with Crippen molar-refractivity contribution in [3.05, 3.63) is 58.3 Å². The number of nitrogens with zero attached hydrogens (tertiary/aromatic N) is 1. The molecule has 0 bridgehead atoms. The van der Waals surface area contributed by atoms with Crippen LogP contribution < -0.4 is 10.1 Å². The third-order valence-electron chi connectivity index (χ3n) is 2.99. The number of rotatable bonds is 5. The zero-order chi connectivity index (χ0) is 13.7. The molecule has 0 radical (unpaired) electrons. The van der Waals surface area contributed by atoms with Gasteiger partial charge in [0.2, 0.25) is 0 Å². The van der Waals surface area contributed by atoms with Gasteiger partial charge in [0.1, 0.15) is 5.75 Å². The van der Waals surface area contributed by atoms with Crippen molar-refractivity contribution in [1.29, 1.82) is 0 Å². The molecule has 4 heteroatoms. The van der Waals surface area contributed by atoms with Gasteiger partial charge in [-0.15, -0.1) is 0 Å². The topological polar surface area (TPSA) is 34.1 Å². The second kappa shape index (κ2) is 6.68. The van der Waals surface area contributed by atoms with Crippen molar-refractivity contribution < 1.29 is 4.74 Å². The van der Waals surface area contributed by atoms with Gasteiger partial charge in [0, 0.05) is 18.8 Å². The minimum Gasteiger partial charge on any atom is -0.496 e. The van der Waals surface area contributed by atoms with Gasteiger partial charge in [-0.1, -0.05) is 12.1 Å². The second-order valence-corrected chi connectivity index (χ2v) is 5.17. The van der Waals surface area contributed by atoms with Crippen LogP contribution in [0, 0.1) is 0 Å². The number of halogens is 1. The smallest absolute Gasteiger partial charge is 0.133 e. The Morgan fingerprint density at radius 1 is 1.32 bits per heavy atom. The Labute approximate surface area is 122 Å². The highest BCUT2D eigenvalue weighted by Crippen LogP contribution is 2.27. The second-order valence-electron chi connectivity index (χ2n) is 4.32. The zero-order valence-electron chi connectivity index (χ0n) is 11.1. The maximum atomic E-state index is 5.23. The Hall–Kier alpha value is -1.39. The van der Waals surface area contributed by atoms with Crippen LogP contribution in [0.5, 0.6) is 5.75 Å². The minimum absolute atomic E-state index is 0.254. The van der Waals surface area contributed by atoms with E-state index in [9.17, 15) is 0 Å². The summed E-state index contributed by atoms with van der Waals surface area (Å²) >= 11 is 3.51. The van der Waals surface area contributed by atoms with Gasteiger partial charge in [-0.3, -0.25) is 4.98 Å². The van der Waals surface area contributed by atoms with E-state index in [1.165, 1.54) is 5.56 Å². The van der Waals surface area contributed by atoms with Crippen LogP contribution in [0.15, 0.2) is 47.1 Å². The van der Waals surface area contributed by atoms with E-state index < -0.39 is 0 Å². The number of methoxy groups -OCH3 is 1. The van der Waals surface area contributed by atoms with Crippen LogP contribution in [-0.2, 0) is 6.54 Å². The number of hydrogen-bond donors (Lipinski definition) is 1. The Morgan fingerprint density at radius 2 is 2.16 bits per heavy atom. The summed E-state index contributed by atoms with van der Waals surface area (Å²) in [7, 11) is 1.67. The van der Waals surface area contributed by atoms with E-state index in [0.717, 1.165) is 22.5 Å². The third-order valence-corrected chi connectivity index (χ3v) is 3.61. The van der Waals surface area contributed by atoms with Crippen LogP contribution in [-0.4, -0.2) is 12.1 Å². The van der Waals surface area contributed by atoms with Gasteiger partial charge in [0.25, 0.3) is 0 Å². The van der Waals surface area contributed by atoms with Crippen LogP contribution in [0.25, 0.3) is 0 Å². The Bertz CT molecular complexity index is 531. The molecule has 2 aromatic rings. The first-order valence-corrected chi connectivity index (χ1v) is 6.96. The van der Waals surface area contributed by atoms with E-state index >= 15 is 0 Å². The Kier molecular flexibility index (Phi) is 4.93. The molecule has 2 rings (SSSR count). The molecule has 1 atom stereocenters. The molecule has 0 aliphatic rings. The molecule has 0 saturated heterocycles. The molecule has 0 fully saturated rings. The maximum absolute atomic E-state index is 5.23. The lowest BCUT2D eigenvalue weighted by molar-refractivity contribution is 0.411. The van der Waals surface area contributed by atoms with E-state index in [4.69, 9.17) is 4.74 Å². The van der Waals surface area contributed by atoms with Crippen LogP contribution in [0.2, 0.25) is 0 Å². The zero-order valence-corrected chi connectivity index (χ0v) is 12.6. The van der Waals surface area contributed by atoms with Crippen LogP contribution in [0.3, 0.4) is 0 Å². The van der Waals surface area contributed by atoms with E-state index in [1.54, 1.807) is 7.11 Å². The van der Waals surface area contributed by atoms with Crippen LogP contribution in [0.1, 0.15) is 24.2 Å². The number of nitrogens with one attached hydrogen (secondary N) is 1. The normalized spacial score (nSPS) is 12.2. The van der Waals surface area contributed by atoms with Crippen molar-refractivity contribution in [1.82, 2.24) is 10.3 Å². The molecule has 0 aliphatic carbocycles. The number of hydrogen-bond acceptors (Lipinski definition) is 3. The summed E-state index contributed by atoms with van der Waals surface area (Å²) in [6.07, 6.45) is 1.81. The fourth-order valence-electron chi connectivity index (χ4n) is 1.83. The summed E-state index contributed by atoms with van der Waals surface area (Å²) in [6.45, 7) is 2.89. The molecule has 0 amide bonds. The highest BCUT2D eigenvalue weighted by Gasteiger charge is 2.08. The average molecular weight is 321 g/mol. The predicted molar refractivity (Wildman–Crippen MR) is 80.2 cm³/mol. The molecule has 3 nitrogen and oxygen atoms in total. The standard InChI is InChI=1S/C15H17BrN2O/c1-11(18-10-13-5-3-4-8-17-13)12-6-7-15(19-2)14(16)9-12/h3-9,11,18H,10H2,1-2H3. The van der Waals surface area contributed by atoms with Crippen molar-refractivity contribution >= 4 is 15.9 Å². The van der Waals surface area contributed by atoms with Gasteiger partial charge in [-0.05, 0) is 52.7 Å². The van der Waals surface area contributed by atoms with Crippen LogP contribution >= 0.6 is 15.9 Å². The molecule has 0 saturated carbocycles. The summed E-state index contributed by atoms with van der Waals surface area (Å²) in [4.78, 5) is 4.30. The molecule has 1 aromatic carbocycles. The van der Waals surface area contributed by atoms with Gasteiger partial charge in [0.05, 0.1) is 17.3 Å². The minimum atomic E-state index is 0.254. The lowest BCUT2D eigenvalue weighted by atomic mass is 10.1. The SMILES string of the molecule is COc1ccc(C(C)NCc2ccccn2)cc1Br. The fraction of sp³-hybridized carbons (Fsp3) is 0.267. The van der Waals surface area contributed by atoms with Crippen molar-refractivity contribution in [3.63, 3.8) is 0 Å². The molecule has 1 aromatic heterocycles. The fourth-order valence-corrected chi connectivity index (χ4v) is 2.39. The predicted octanol–water partition coefficient (Wildman–Crippen LogP) is 3.70. The Morgan fingerprint density at radius 3 is 2.79 bits per heavy atom. The van der Waals surface area contributed by atoms with Crippen molar-refractivity contribution in [2.24, 2.45) is 0 Å². The molecule has 0 spiro atoms. The first-order valence-electron chi connectivity index (χ1n) is 6.17. The first-order chi connectivity index (χ1) is 9.20. The molecular formula is C15H17BrN2O. The third kappa shape index (κ3) is 3.78. The Balaban J connectivity index is 2.00.